The van der Waals surface area contributed by atoms with Gasteiger partial charge in [0.2, 0.25) is 0 Å². The fraction of sp³-hybridized carbons (Fsp3) is 0.333. The predicted molar refractivity (Wildman–Crippen MR) is 70.9 cm³/mol. The third-order valence-electron chi connectivity index (χ3n) is 3.26. The number of hydrogen-bond acceptors (Lipinski definition) is 1. The van der Waals surface area contributed by atoms with E-state index in [1.807, 2.05) is 19.1 Å². The fourth-order valence-electron chi connectivity index (χ4n) is 2.32. The van der Waals surface area contributed by atoms with Crippen LogP contribution in [0.4, 0.5) is 13.2 Å². The minimum absolute atomic E-state index is 0.142. The number of hydrogen-bond donors (Lipinski definition) is 1. The normalized spacial score (nSPS) is 13.7. The summed E-state index contributed by atoms with van der Waals surface area (Å²) in [5, 5.41) is 1.46. The van der Waals surface area contributed by atoms with Crippen LogP contribution in [0.15, 0.2) is 36.4 Å². The highest BCUT2D eigenvalue weighted by molar-refractivity contribution is 5.89. The molecule has 0 aliphatic heterocycles. The fourth-order valence-corrected chi connectivity index (χ4v) is 2.32. The van der Waals surface area contributed by atoms with Crippen molar-refractivity contribution >= 4 is 10.8 Å². The first kappa shape index (κ1) is 13.9. The molecule has 102 valence electrons. The highest BCUT2D eigenvalue weighted by Crippen LogP contribution is 2.35. The first-order valence-electron chi connectivity index (χ1n) is 6.28. The molecule has 0 spiro atoms. The summed E-state index contributed by atoms with van der Waals surface area (Å²) in [6.45, 7) is 2.05. The smallest absolute Gasteiger partial charge is 0.316 e. The Balaban J connectivity index is 2.62. The van der Waals surface area contributed by atoms with Crippen molar-refractivity contribution in [3.05, 3.63) is 47.5 Å². The summed E-state index contributed by atoms with van der Waals surface area (Å²) in [7, 11) is 0. The van der Waals surface area contributed by atoms with E-state index >= 15 is 0 Å². The van der Waals surface area contributed by atoms with Crippen molar-refractivity contribution in [2.45, 2.75) is 32.0 Å². The van der Waals surface area contributed by atoms with Crippen molar-refractivity contribution in [1.29, 1.82) is 0 Å². The van der Waals surface area contributed by atoms with Gasteiger partial charge in [-0.25, -0.2) is 0 Å². The zero-order valence-corrected chi connectivity index (χ0v) is 10.7. The van der Waals surface area contributed by atoms with Crippen LogP contribution in [-0.2, 0) is 6.42 Å². The molecule has 0 unspecified atom stereocenters. The molecular formula is C15H16F3N. The molecular weight excluding hydrogens is 251 g/mol. The lowest BCUT2D eigenvalue weighted by Gasteiger charge is -2.19. The third-order valence-corrected chi connectivity index (χ3v) is 3.26. The van der Waals surface area contributed by atoms with Crippen molar-refractivity contribution in [2.24, 2.45) is 5.73 Å². The summed E-state index contributed by atoms with van der Waals surface area (Å²) in [6, 6.07) is 8.46. The number of nitrogens with two attached hydrogens (primary N) is 1. The standard InChI is InChI=1S/C15H16F3N/c1-2-5-10-8-9-13(14(19)15(16,17)18)12-7-4-3-6-11(10)12/h3-4,6-9,14H,2,5,19H2,1H3/t14-/m0/s1. The molecule has 2 aromatic carbocycles. The molecule has 0 aliphatic carbocycles. The second-order valence-electron chi connectivity index (χ2n) is 4.63. The maximum atomic E-state index is 12.8. The predicted octanol–water partition coefficient (Wildman–Crippen LogP) is 4.35. The van der Waals surface area contributed by atoms with Crippen LogP contribution in [0, 0.1) is 0 Å². The van der Waals surface area contributed by atoms with Crippen molar-refractivity contribution in [3.8, 4) is 0 Å². The van der Waals surface area contributed by atoms with Crippen molar-refractivity contribution < 1.29 is 13.2 Å². The van der Waals surface area contributed by atoms with Gasteiger partial charge in [-0.1, -0.05) is 49.7 Å². The van der Waals surface area contributed by atoms with Crippen molar-refractivity contribution in [3.63, 3.8) is 0 Å². The zero-order chi connectivity index (χ0) is 14.0. The quantitative estimate of drug-likeness (QED) is 0.878. The largest absolute Gasteiger partial charge is 0.407 e. The number of fused-ring (bicyclic) bond motifs is 1. The minimum Gasteiger partial charge on any atom is -0.316 e. The van der Waals surface area contributed by atoms with E-state index in [0.29, 0.717) is 5.39 Å². The summed E-state index contributed by atoms with van der Waals surface area (Å²) in [4.78, 5) is 0. The number of benzene rings is 2. The van der Waals surface area contributed by atoms with Crippen LogP contribution in [-0.4, -0.2) is 6.18 Å². The molecule has 2 N–H and O–H groups in total. The van der Waals surface area contributed by atoms with Crippen molar-refractivity contribution in [2.75, 3.05) is 0 Å². The van der Waals surface area contributed by atoms with Crippen LogP contribution < -0.4 is 5.73 Å². The topological polar surface area (TPSA) is 26.0 Å². The maximum absolute atomic E-state index is 12.8. The minimum atomic E-state index is -4.42. The lowest BCUT2D eigenvalue weighted by molar-refractivity contribution is -0.148. The van der Waals surface area contributed by atoms with Gasteiger partial charge < -0.3 is 5.73 Å². The Morgan fingerprint density at radius 1 is 1.05 bits per heavy atom. The first-order chi connectivity index (χ1) is 8.95. The second kappa shape index (κ2) is 5.21. The van der Waals surface area contributed by atoms with Gasteiger partial charge in [0.05, 0.1) is 0 Å². The van der Waals surface area contributed by atoms with E-state index in [1.54, 1.807) is 18.2 Å². The average Bonchev–Trinajstić information content (AvgIpc) is 2.37. The Kier molecular flexibility index (Phi) is 3.80. The summed E-state index contributed by atoms with van der Waals surface area (Å²) in [5.41, 5.74) is 6.54. The number of alkyl halides is 3. The molecule has 0 amide bonds. The van der Waals surface area contributed by atoms with Gasteiger partial charge in [0, 0.05) is 0 Å². The summed E-state index contributed by atoms with van der Waals surface area (Å²) >= 11 is 0. The zero-order valence-electron chi connectivity index (χ0n) is 10.7. The molecule has 0 radical (unpaired) electrons. The van der Waals surface area contributed by atoms with Crippen LogP contribution in [0.2, 0.25) is 0 Å². The van der Waals surface area contributed by atoms with Gasteiger partial charge in [-0.05, 0) is 28.3 Å². The average molecular weight is 267 g/mol. The Labute approximate surface area is 110 Å². The SMILES string of the molecule is CCCc1ccc([C@H](N)C(F)(F)F)c2ccccc12. The van der Waals surface area contributed by atoms with E-state index in [9.17, 15) is 13.2 Å². The molecule has 0 fully saturated rings. The molecule has 0 saturated heterocycles. The van der Waals surface area contributed by atoms with E-state index < -0.39 is 12.2 Å². The van der Waals surface area contributed by atoms with E-state index in [2.05, 4.69) is 0 Å². The Hall–Kier alpha value is -1.55. The van der Waals surface area contributed by atoms with E-state index in [-0.39, 0.29) is 5.56 Å². The van der Waals surface area contributed by atoms with Crippen LogP contribution in [0.5, 0.6) is 0 Å². The Morgan fingerprint density at radius 2 is 1.68 bits per heavy atom. The van der Waals surface area contributed by atoms with Crippen LogP contribution in [0.1, 0.15) is 30.5 Å². The molecule has 2 rings (SSSR count). The van der Waals surface area contributed by atoms with Gasteiger partial charge >= 0.3 is 6.18 Å². The Morgan fingerprint density at radius 3 is 2.26 bits per heavy atom. The monoisotopic (exact) mass is 267 g/mol. The third kappa shape index (κ3) is 2.73. The van der Waals surface area contributed by atoms with E-state index in [4.69, 9.17) is 5.73 Å². The molecule has 1 atom stereocenters. The maximum Gasteiger partial charge on any atom is 0.407 e. The summed E-state index contributed by atoms with van der Waals surface area (Å²) in [5.74, 6) is 0. The number of halogens is 3. The van der Waals surface area contributed by atoms with Gasteiger partial charge in [-0.2, -0.15) is 13.2 Å². The van der Waals surface area contributed by atoms with Crippen LogP contribution in [0.25, 0.3) is 10.8 Å². The molecule has 0 saturated carbocycles. The number of aryl methyl sites for hydroxylation is 1. The second-order valence-corrected chi connectivity index (χ2v) is 4.63. The number of rotatable bonds is 3. The summed E-state index contributed by atoms with van der Waals surface area (Å²) in [6.07, 6.45) is -2.62. The highest BCUT2D eigenvalue weighted by Gasteiger charge is 2.38. The molecule has 0 aliphatic rings. The summed E-state index contributed by atoms with van der Waals surface area (Å²) < 4.78 is 38.4. The molecule has 2 aromatic rings. The molecule has 4 heteroatoms. The first-order valence-corrected chi connectivity index (χ1v) is 6.28. The van der Waals surface area contributed by atoms with Crippen molar-refractivity contribution in [1.82, 2.24) is 0 Å². The van der Waals surface area contributed by atoms with Gasteiger partial charge in [0.1, 0.15) is 6.04 Å². The van der Waals surface area contributed by atoms with Gasteiger partial charge in [0.15, 0.2) is 0 Å². The molecule has 0 aromatic heterocycles. The Bertz CT molecular complexity index is 575. The molecule has 19 heavy (non-hydrogen) atoms. The lowest BCUT2D eigenvalue weighted by atomic mass is 9.94. The van der Waals surface area contributed by atoms with E-state index in [0.717, 1.165) is 23.8 Å². The molecule has 0 bridgehead atoms. The van der Waals surface area contributed by atoms with Crippen LogP contribution in [0.3, 0.4) is 0 Å². The van der Waals surface area contributed by atoms with Gasteiger partial charge in [-0.3, -0.25) is 0 Å². The van der Waals surface area contributed by atoms with E-state index in [1.165, 1.54) is 6.07 Å². The molecule has 1 nitrogen and oxygen atoms in total. The highest BCUT2D eigenvalue weighted by atomic mass is 19.4. The molecule has 0 heterocycles. The van der Waals surface area contributed by atoms with Gasteiger partial charge in [-0.15, -0.1) is 0 Å². The van der Waals surface area contributed by atoms with Gasteiger partial charge in [0.25, 0.3) is 0 Å². The lowest BCUT2D eigenvalue weighted by Crippen LogP contribution is -2.28. The van der Waals surface area contributed by atoms with Crippen LogP contribution >= 0.6 is 0 Å².